The van der Waals surface area contributed by atoms with Crippen molar-refractivity contribution < 1.29 is 13.2 Å². The van der Waals surface area contributed by atoms with Gasteiger partial charge in [0.25, 0.3) is 5.56 Å². The molecule has 27 heavy (non-hydrogen) atoms. The number of aromatic nitrogens is 4. The SMILES string of the molecule is O=c1cnc2cnc3[nH]ccc3c2n1C1CCC(NCCC(F)(F)F)CC1. The molecular weight excluding hydrogens is 359 g/mol. The number of nitrogens with one attached hydrogen (secondary N) is 2. The van der Waals surface area contributed by atoms with E-state index in [0.29, 0.717) is 11.2 Å². The lowest BCUT2D eigenvalue weighted by Crippen LogP contribution is -2.37. The topological polar surface area (TPSA) is 75.6 Å². The van der Waals surface area contributed by atoms with Gasteiger partial charge in [-0.1, -0.05) is 0 Å². The number of halogens is 3. The number of fused-ring (bicyclic) bond motifs is 3. The molecule has 0 unspecified atom stereocenters. The molecule has 0 aromatic carbocycles. The Morgan fingerprint density at radius 2 is 1.96 bits per heavy atom. The molecule has 0 radical (unpaired) electrons. The Kier molecular flexibility index (Phi) is 4.63. The first-order valence-corrected chi connectivity index (χ1v) is 9.06. The van der Waals surface area contributed by atoms with Crippen molar-refractivity contribution in [2.45, 2.75) is 50.4 Å². The maximum atomic E-state index is 12.6. The van der Waals surface area contributed by atoms with Crippen LogP contribution in [0.1, 0.15) is 38.1 Å². The molecule has 0 aliphatic heterocycles. The van der Waals surface area contributed by atoms with E-state index in [-0.39, 0.29) is 24.2 Å². The summed E-state index contributed by atoms with van der Waals surface area (Å²) in [4.78, 5) is 24.2. The summed E-state index contributed by atoms with van der Waals surface area (Å²) >= 11 is 0. The van der Waals surface area contributed by atoms with E-state index in [2.05, 4.69) is 20.3 Å². The smallest absolute Gasteiger partial charge is 0.346 e. The Morgan fingerprint density at radius 1 is 1.19 bits per heavy atom. The summed E-state index contributed by atoms with van der Waals surface area (Å²) in [6.07, 6.45) is 2.72. The molecule has 1 aliphatic carbocycles. The molecule has 144 valence electrons. The van der Waals surface area contributed by atoms with Gasteiger partial charge in [0, 0.05) is 30.2 Å². The van der Waals surface area contributed by atoms with Crippen LogP contribution < -0.4 is 10.9 Å². The second-order valence-electron chi connectivity index (χ2n) is 7.02. The number of aromatic amines is 1. The van der Waals surface area contributed by atoms with Crippen LogP contribution in [-0.2, 0) is 0 Å². The van der Waals surface area contributed by atoms with Gasteiger partial charge in [0.2, 0.25) is 0 Å². The molecular formula is C18H20F3N5O. The van der Waals surface area contributed by atoms with Gasteiger partial charge in [-0.3, -0.25) is 4.79 Å². The number of nitrogens with zero attached hydrogens (tertiary/aromatic N) is 3. The van der Waals surface area contributed by atoms with E-state index in [9.17, 15) is 18.0 Å². The van der Waals surface area contributed by atoms with Crippen molar-refractivity contribution in [1.82, 2.24) is 24.8 Å². The van der Waals surface area contributed by atoms with Gasteiger partial charge >= 0.3 is 6.18 Å². The van der Waals surface area contributed by atoms with E-state index in [4.69, 9.17) is 0 Å². The lowest BCUT2D eigenvalue weighted by Gasteiger charge is -2.31. The summed E-state index contributed by atoms with van der Waals surface area (Å²) in [7, 11) is 0. The number of pyridine rings is 1. The van der Waals surface area contributed by atoms with Crippen LogP contribution in [-0.4, -0.2) is 38.3 Å². The van der Waals surface area contributed by atoms with Crippen molar-refractivity contribution in [2.24, 2.45) is 0 Å². The van der Waals surface area contributed by atoms with Gasteiger partial charge < -0.3 is 14.9 Å². The molecule has 0 atom stereocenters. The molecule has 0 bridgehead atoms. The highest BCUT2D eigenvalue weighted by Crippen LogP contribution is 2.31. The molecule has 1 aliphatic rings. The number of H-pyrrole nitrogens is 1. The number of rotatable bonds is 4. The Morgan fingerprint density at radius 3 is 2.70 bits per heavy atom. The fraction of sp³-hybridized carbons (Fsp3) is 0.500. The highest BCUT2D eigenvalue weighted by molar-refractivity contribution is 6.00. The largest absolute Gasteiger partial charge is 0.390 e. The minimum Gasteiger partial charge on any atom is -0.346 e. The predicted octanol–water partition coefficient (Wildman–Crippen LogP) is 3.30. The van der Waals surface area contributed by atoms with E-state index in [0.717, 1.165) is 36.6 Å². The Labute approximate surface area is 152 Å². The first kappa shape index (κ1) is 18.0. The zero-order chi connectivity index (χ0) is 19.0. The van der Waals surface area contributed by atoms with Crippen molar-refractivity contribution in [3.05, 3.63) is 35.0 Å². The summed E-state index contributed by atoms with van der Waals surface area (Å²) in [5.74, 6) is 0. The fourth-order valence-corrected chi connectivity index (χ4v) is 3.95. The highest BCUT2D eigenvalue weighted by atomic mass is 19.4. The summed E-state index contributed by atoms with van der Waals surface area (Å²) in [5, 5.41) is 3.84. The standard InChI is InChI=1S/C18H20F3N5O/c19-18(20,21)6-8-22-11-1-3-12(4-2-11)26-15(27)10-24-14-9-25-17-13(16(14)26)5-7-23-17/h5,7,9-12,22H,1-4,6,8H2,(H,23,25). The van der Waals surface area contributed by atoms with E-state index in [1.54, 1.807) is 17.0 Å². The van der Waals surface area contributed by atoms with Crippen LogP contribution in [0.15, 0.2) is 29.5 Å². The lowest BCUT2D eigenvalue weighted by atomic mass is 9.90. The Hall–Kier alpha value is -2.42. The molecule has 3 heterocycles. The minimum atomic E-state index is -4.14. The van der Waals surface area contributed by atoms with Crippen LogP contribution in [0.3, 0.4) is 0 Å². The van der Waals surface area contributed by atoms with E-state index >= 15 is 0 Å². The van der Waals surface area contributed by atoms with Gasteiger partial charge in [-0.2, -0.15) is 13.2 Å². The van der Waals surface area contributed by atoms with Crippen LogP contribution in [0, 0.1) is 0 Å². The average molecular weight is 379 g/mol. The third kappa shape index (κ3) is 3.69. The molecule has 1 saturated carbocycles. The first-order valence-electron chi connectivity index (χ1n) is 9.06. The van der Waals surface area contributed by atoms with Crippen LogP contribution >= 0.6 is 0 Å². The number of hydrogen-bond acceptors (Lipinski definition) is 4. The lowest BCUT2D eigenvalue weighted by molar-refractivity contribution is -0.133. The van der Waals surface area contributed by atoms with Gasteiger partial charge in [-0.25, -0.2) is 9.97 Å². The average Bonchev–Trinajstić information content (AvgIpc) is 3.10. The fourth-order valence-electron chi connectivity index (χ4n) is 3.95. The van der Waals surface area contributed by atoms with Gasteiger partial charge in [-0.05, 0) is 31.7 Å². The molecule has 0 saturated heterocycles. The Bertz CT molecular complexity index is 1000. The van der Waals surface area contributed by atoms with Crippen LogP contribution in [0.5, 0.6) is 0 Å². The molecule has 2 N–H and O–H groups in total. The maximum Gasteiger partial charge on any atom is 0.390 e. The third-order valence-corrected chi connectivity index (χ3v) is 5.23. The minimum absolute atomic E-state index is 0.00386. The monoisotopic (exact) mass is 379 g/mol. The second kappa shape index (κ2) is 6.95. The Balaban J connectivity index is 1.55. The van der Waals surface area contributed by atoms with Crippen molar-refractivity contribution in [3.8, 4) is 0 Å². The second-order valence-corrected chi connectivity index (χ2v) is 7.02. The van der Waals surface area contributed by atoms with Crippen molar-refractivity contribution >= 4 is 22.1 Å². The van der Waals surface area contributed by atoms with Crippen LogP contribution in [0.4, 0.5) is 13.2 Å². The molecule has 6 nitrogen and oxygen atoms in total. The summed E-state index contributed by atoms with van der Waals surface area (Å²) in [6.45, 7) is -0.0629. The molecule has 9 heteroatoms. The van der Waals surface area contributed by atoms with Gasteiger partial charge in [0.15, 0.2) is 0 Å². The molecule has 3 aromatic heterocycles. The molecule has 0 amide bonds. The van der Waals surface area contributed by atoms with Gasteiger partial charge in [0.1, 0.15) is 11.2 Å². The highest BCUT2D eigenvalue weighted by Gasteiger charge is 2.28. The van der Waals surface area contributed by atoms with Crippen molar-refractivity contribution in [3.63, 3.8) is 0 Å². The van der Waals surface area contributed by atoms with E-state index in [1.807, 2.05) is 6.07 Å². The summed E-state index contributed by atoms with van der Waals surface area (Å²) in [5.41, 5.74) is 1.96. The van der Waals surface area contributed by atoms with Crippen molar-refractivity contribution in [2.75, 3.05) is 6.54 Å². The quantitative estimate of drug-likeness (QED) is 0.729. The summed E-state index contributed by atoms with van der Waals surface area (Å²) in [6, 6.07) is 1.94. The van der Waals surface area contributed by atoms with Gasteiger partial charge in [-0.15, -0.1) is 0 Å². The van der Waals surface area contributed by atoms with Crippen molar-refractivity contribution in [1.29, 1.82) is 0 Å². The third-order valence-electron chi connectivity index (χ3n) is 5.23. The van der Waals surface area contributed by atoms with Crippen LogP contribution in [0.2, 0.25) is 0 Å². The predicted molar refractivity (Wildman–Crippen MR) is 95.6 cm³/mol. The number of alkyl halides is 3. The van der Waals surface area contributed by atoms with Crippen LogP contribution in [0.25, 0.3) is 22.1 Å². The van der Waals surface area contributed by atoms with E-state index in [1.165, 1.54) is 6.20 Å². The molecule has 0 spiro atoms. The zero-order valence-corrected chi connectivity index (χ0v) is 14.6. The van der Waals surface area contributed by atoms with E-state index < -0.39 is 12.6 Å². The zero-order valence-electron chi connectivity index (χ0n) is 14.6. The first-order chi connectivity index (χ1) is 12.9. The molecule has 4 rings (SSSR count). The summed E-state index contributed by atoms with van der Waals surface area (Å²) < 4.78 is 38.7. The normalized spacial score (nSPS) is 21.1. The molecule has 1 fully saturated rings. The maximum absolute atomic E-state index is 12.6. The number of hydrogen-bond donors (Lipinski definition) is 2. The van der Waals surface area contributed by atoms with Gasteiger partial charge in [0.05, 0.1) is 24.3 Å². The molecule has 3 aromatic rings.